The molecule has 8 heteroatoms. The molecule has 0 aliphatic carbocycles. The third kappa shape index (κ3) is 2.58. The first-order valence-electron chi connectivity index (χ1n) is 7.52. The number of aromatic carboxylic acids is 1. The van der Waals surface area contributed by atoms with E-state index in [0.717, 1.165) is 0 Å². The summed E-state index contributed by atoms with van der Waals surface area (Å²) in [5.74, 6) is -1.70. The summed E-state index contributed by atoms with van der Waals surface area (Å²) < 4.78 is 16.3. The Morgan fingerprint density at radius 1 is 1.19 bits per heavy atom. The van der Waals surface area contributed by atoms with Crippen molar-refractivity contribution >= 4 is 28.5 Å². The van der Waals surface area contributed by atoms with E-state index in [-0.39, 0.29) is 41.3 Å². The van der Waals surface area contributed by atoms with Gasteiger partial charge >= 0.3 is 5.97 Å². The normalized spacial score (nSPS) is 13.3. The van der Waals surface area contributed by atoms with E-state index in [2.05, 4.69) is 0 Å². The number of benzene rings is 2. The lowest BCUT2D eigenvalue weighted by Gasteiger charge is -2.21. The molecule has 0 radical (unpaired) electrons. The van der Waals surface area contributed by atoms with Gasteiger partial charge < -0.3 is 24.1 Å². The van der Waals surface area contributed by atoms with E-state index in [1.165, 1.54) is 24.3 Å². The van der Waals surface area contributed by atoms with Crippen LogP contribution in [0.25, 0.3) is 22.3 Å². The molecule has 0 amide bonds. The summed E-state index contributed by atoms with van der Waals surface area (Å²) in [6, 6.07) is 7.13. The Kier molecular flexibility index (Phi) is 3.82. The summed E-state index contributed by atoms with van der Waals surface area (Å²) in [4.78, 5) is 23.9. The van der Waals surface area contributed by atoms with Crippen LogP contribution in [0.15, 0.2) is 39.5 Å². The summed E-state index contributed by atoms with van der Waals surface area (Å²) in [6.45, 7) is 0.0955. The Balaban J connectivity index is 2.05. The van der Waals surface area contributed by atoms with Gasteiger partial charge in [0.1, 0.15) is 11.3 Å². The minimum atomic E-state index is -1.17. The van der Waals surface area contributed by atoms with Crippen LogP contribution in [0.5, 0.6) is 11.5 Å². The van der Waals surface area contributed by atoms with Crippen molar-refractivity contribution in [2.24, 2.45) is 0 Å². The van der Waals surface area contributed by atoms with Crippen LogP contribution in [-0.2, 0) is 11.3 Å². The molecule has 2 aromatic carbocycles. The Labute approximate surface area is 151 Å². The molecule has 0 atom stereocenters. The fourth-order valence-electron chi connectivity index (χ4n) is 2.85. The molecule has 26 heavy (non-hydrogen) atoms. The molecule has 0 spiro atoms. The van der Waals surface area contributed by atoms with Gasteiger partial charge in [-0.25, -0.2) is 4.79 Å². The molecular weight excluding hydrogens is 364 g/mol. The Morgan fingerprint density at radius 2 is 2.00 bits per heavy atom. The van der Waals surface area contributed by atoms with E-state index < -0.39 is 17.1 Å². The Bertz CT molecular complexity index is 1120. The van der Waals surface area contributed by atoms with Crippen LogP contribution < -0.4 is 10.2 Å². The molecule has 0 bridgehead atoms. The van der Waals surface area contributed by atoms with Gasteiger partial charge in [-0.1, -0.05) is 11.6 Å². The van der Waals surface area contributed by atoms with E-state index >= 15 is 0 Å². The van der Waals surface area contributed by atoms with Crippen molar-refractivity contribution in [2.45, 2.75) is 6.61 Å². The highest BCUT2D eigenvalue weighted by Crippen LogP contribution is 2.41. The van der Waals surface area contributed by atoms with Gasteiger partial charge in [-0.15, -0.1) is 0 Å². The van der Waals surface area contributed by atoms with Gasteiger partial charge in [0.25, 0.3) is 0 Å². The van der Waals surface area contributed by atoms with Crippen molar-refractivity contribution in [1.82, 2.24) is 0 Å². The molecule has 1 aliphatic heterocycles. The molecule has 3 aromatic rings. The number of hydrogen-bond acceptors (Lipinski definition) is 6. The average Bonchev–Trinajstić information content (AvgIpc) is 2.64. The van der Waals surface area contributed by atoms with Crippen molar-refractivity contribution in [1.29, 1.82) is 0 Å². The molecule has 0 fully saturated rings. The van der Waals surface area contributed by atoms with E-state index in [1.54, 1.807) is 6.07 Å². The largest absolute Gasteiger partial charge is 0.502 e. The van der Waals surface area contributed by atoms with Crippen molar-refractivity contribution in [3.05, 3.63) is 56.7 Å². The number of carboxylic acid groups (broad SMARTS) is 1. The minimum absolute atomic E-state index is 0.0411. The van der Waals surface area contributed by atoms with Crippen molar-refractivity contribution in [2.75, 3.05) is 6.79 Å². The topological polar surface area (TPSA) is 106 Å². The number of carboxylic acids is 1. The van der Waals surface area contributed by atoms with Gasteiger partial charge in [0.2, 0.25) is 11.2 Å². The maximum absolute atomic E-state index is 12.5. The second kappa shape index (κ2) is 6.05. The monoisotopic (exact) mass is 374 g/mol. The smallest absolute Gasteiger partial charge is 0.335 e. The summed E-state index contributed by atoms with van der Waals surface area (Å²) >= 11 is 5.89. The number of ether oxygens (including phenoxy) is 2. The highest BCUT2D eigenvalue weighted by Gasteiger charge is 2.25. The fourth-order valence-corrected chi connectivity index (χ4v) is 3.02. The van der Waals surface area contributed by atoms with Gasteiger partial charge in [-0.3, -0.25) is 4.79 Å². The third-order valence-electron chi connectivity index (χ3n) is 4.03. The molecule has 0 unspecified atom stereocenters. The lowest BCUT2D eigenvalue weighted by molar-refractivity contribution is -0.0160. The van der Waals surface area contributed by atoms with Crippen LogP contribution in [-0.4, -0.2) is 23.0 Å². The second-order valence-corrected chi connectivity index (χ2v) is 6.11. The van der Waals surface area contributed by atoms with Crippen molar-refractivity contribution in [3.63, 3.8) is 0 Å². The maximum atomic E-state index is 12.5. The quantitative estimate of drug-likeness (QED) is 0.708. The first kappa shape index (κ1) is 16.4. The number of rotatable bonds is 2. The zero-order valence-electron chi connectivity index (χ0n) is 13.1. The first-order chi connectivity index (χ1) is 12.5. The van der Waals surface area contributed by atoms with Gasteiger partial charge in [0, 0.05) is 10.6 Å². The summed E-state index contributed by atoms with van der Waals surface area (Å²) in [5, 5.41) is 20.2. The molecule has 2 heterocycles. The van der Waals surface area contributed by atoms with Crippen LogP contribution in [0, 0.1) is 0 Å². The lowest BCUT2D eigenvalue weighted by Crippen LogP contribution is -2.14. The van der Waals surface area contributed by atoms with Crippen molar-refractivity contribution < 1.29 is 28.9 Å². The summed E-state index contributed by atoms with van der Waals surface area (Å²) in [6.07, 6.45) is 0. The highest BCUT2D eigenvalue weighted by atomic mass is 35.5. The van der Waals surface area contributed by atoms with E-state index in [9.17, 15) is 19.8 Å². The van der Waals surface area contributed by atoms with E-state index in [1.807, 2.05) is 0 Å². The first-order valence-corrected chi connectivity index (χ1v) is 7.90. The van der Waals surface area contributed by atoms with Gasteiger partial charge in [-0.05, 0) is 30.3 Å². The van der Waals surface area contributed by atoms with Crippen LogP contribution in [0.4, 0.5) is 0 Å². The summed E-state index contributed by atoms with van der Waals surface area (Å²) in [7, 11) is 0. The van der Waals surface area contributed by atoms with E-state index in [0.29, 0.717) is 16.3 Å². The highest BCUT2D eigenvalue weighted by molar-refractivity contribution is 6.31. The fraction of sp³-hybridized carbons (Fsp3) is 0.111. The number of aromatic hydroxyl groups is 1. The van der Waals surface area contributed by atoms with Crippen LogP contribution in [0.3, 0.4) is 0 Å². The molecule has 7 nitrogen and oxygen atoms in total. The third-order valence-corrected chi connectivity index (χ3v) is 4.27. The predicted octanol–water partition coefficient (Wildman–Crippen LogP) is 3.38. The second-order valence-electron chi connectivity index (χ2n) is 5.68. The SMILES string of the molecule is O=C(O)c1cc2c(c(-c3oc4ccc(Cl)cc4c(=O)c3O)c1)OCOC2. The predicted molar refractivity (Wildman–Crippen MR) is 91.8 cm³/mol. The van der Waals surface area contributed by atoms with Gasteiger partial charge in [0.15, 0.2) is 12.6 Å². The molecule has 0 saturated heterocycles. The molecule has 1 aliphatic rings. The van der Waals surface area contributed by atoms with Gasteiger partial charge in [-0.2, -0.15) is 0 Å². The zero-order valence-corrected chi connectivity index (χ0v) is 13.9. The number of carbonyl (C=O) groups is 1. The number of hydrogen-bond donors (Lipinski definition) is 2. The molecule has 132 valence electrons. The zero-order chi connectivity index (χ0) is 18.4. The Hall–Kier alpha value is -3.03. The number of halogens is 1. The summed E-state index contributed by atoms with van der Waals surface area (Å²) in [5.41, 5.74) is 0.115. The van der Waals surface area contributed by atoms with Crippen LogP contribution in [0.1, 0.15) is 15.9 Å². The Morgan fingerprint density at radius 3 is 2.77 bits per heavy atom. The molecule has 1 aromatic heterocycles. The molecule has 0 saturated carbocycles. The minimum Gasteiger partial charge on any atom is -0.502 e. The molecular formula is C18H11ClO7. The maximum Gasteiger partial charge on any atom is 0.335 e. The standard InChI is InChI=1S/C18H11ClO7/c19-10-1-2-13-11(5-10)14(20)15(21)17(26-13)12-4-8(18(22)23)3-9-6-24-7-25-16(9)12/h1-5,21H,6-7H2,(H,22,23). The lowest BCUT2D eigenvalue weighted by atomic mass is 10.0. The molecule has 2 N–H and O–H groups in total. The number of fused-ring (bicyclic) bond motifs is 2. The molecule has 4 rings (SSSR count). The van der Waals surface area contributed by atoms with Crippen LogP contribution in [0.2, 0.25) is 5.02 Å². The van der Waals surface area contributed by atoms with Crippen molar-refractivity contribution in [3.8, 4) is 22.8 Å². The average molecular weight is 375 g/mol. The van der Waals surface area contributed by atoms with E-state index in [4.69, 9.17) is 25.5 Å². The van der Waals surface area contributed by atoms with Crippen LogP contribution >= 0.6 is 11.6 Å². The van der Waals surface area contributed by atoms with Gasteiger partial charge in [0.05, 0.1) is 23.1 Å².